The molecule has 2 aromatic carbocycles. The monoisotopic (exact) mass is 449 g/mol. The molecular formula is C24H23N3O6. The van der Waals surface area contributed by atoms with E-state index in [-0.39, 0.29) is 24.6 Å². The molecule has 3 aromatic rings. The molecule has 33 heavy (non-hydrogen) atoms. The number of rotatable bonds is 8. The molecule has 1 saturated heterocycles. The first-order valence-electron chi connectivity index (χ1n) is 10.3. The average molecular weight is 449 g/mol. The number of aliphatic hydroxyl groups is 1. The third-order valence-electron chi connectivity index (χ3n) is 5.06. The fourth-order valence-electron chi connectivity index (χ4n) is 3.51. The second-order valence-corrected chi connectivity index (χ2v) is 7.61. The van der Waals surface area contributed by atoms with Crippen molar-refractivity contribution in [3.63, 3.8) is 0 Å². The van der Waals surface area contributed by atoms with Gasteiger partial charge in [-0.3, -0.25) is 14.7 Å². The lowest BCUT2D eigenvalue weighted by atomic mass is 10.2. The van der Waals surface area contributed by atoms with Gasteiger partial charge >= 0.3 is 5.97 Å². The van der Waals surface area contributed by atoms with Crippen molar-refractivity contribution in [2.24, 2.45) is 0 Å². The molecule has 1 aromatic heterocycles. The number of hydrogen-bond acceptors (Lipinski definition) is 7. The van der Waals surface area contributed by atoms with Gasteiger partial charge in [0.25, 0.3) is 0 Å². The molecule has 2 atom stereocenters. The highest BCUT2D eigenvalue weighted by atomic mass is 16.5. The van der Waals surface area contributed by atoms with Gasteiger partial charge in [-0.1, -0.05) is 6.07 Å². The van der Waals surface area contributed by atoms with Gasteiger partial charge in [0.05, 0.1) is 18.3 Å². The Labute approximate surface area is 190 Å². The molecule has 1 aliphatic heterocycles. The Bertz CT molecular complexity index is 1110. The first-order valence-corrected chi connectivity index (χ1v) is 10.3. The van der Waals surface area contributed by atoms with Gasteiger partial charge in [0, 0.05) is 25.0 Å². The SMILES string of the molecule is O=C(CN1C[C@@H](O)[C@H](Oc2cccc(C(=O)O)c2)C1)Nc1ccc(Oc2cccnc2)cc1. The third-order valence-corrected chi connectivity index (χ3v) is 5.06. The largest absolute Gasteiger partial charge is 0.486 e. The number of benzene rings is 2. The lowest BCUT2D eigenvalue weighted by molar-refractivity contribution is -0.117. The van der Waals surface area contributed by atoms with E-state index < -0.39 is 18.2 Å². The van der Waals surface area contributed by atoms with E-state index in [4.69, 9.17) is 14.6 Å². The second kappa shape index (κ2) is 10.1. The van der Waals surface area contributed by atoms with Crippen molar-refractivity contribution in [1.29, 1.82) is 0 Å². The molecule has 1 amide bonds. The van der Waals surface area contributed by atoms with E-state index in [1.165, 1.54) is 12.1 Å². The highest BCUT2D eigenvalue weighted by Gasteiger charge is 2.34. The van der Waals surface area contributed by atoms with E-state index in [1.807, 2.05) is 0 Å². The van der Waals surface area contributed by atoms with Crippen LogP contribution in [-0.4, -0.2) is 63.8 Å². The summed E-state index contributed by atoms with van der Waals surface area (Å²) < 4.78 is 11.4. The fraction of sp³-hybridized carbons (Fsp3) is 0.208. The Morgan fingerprint density at radius 3 is 2.55 bits per heavy atom. The minimum atomic E-state index is -1.05. The Morgan fingerprint density at radius 1 is 1.03 bits per heavy atom. The van der Waals surface area contributed by atoms with Crippen LogP contribution in [0.5, 0.6) is 17.2 Å². The van der Waals surface area contributed by atoms with Crippen LogP contribution in [0.4, 0.5) is 5.69 Å². The molecule has 0 spiro atoms. The molecule has 1 aliphatic rings. The highest BCUT2D eigenvalue weighted by Crippen LogP contribution is 2.23. The maximum atomic E-state index is 12.5. The van der Waals surface area contributed by atoms with Gasteiger partial charge in [-0.05, 0) is 54.6 Å². The van der Waals surface area contributed by atoms with Crippen LogP contribution < -0.4 is 14.8 Å². The van der Waals surface area contributed by atoms with Gasteiger partial charge < -0.3 is 25.0 Å². The fourth-order valence-corrected chi connectivity index (χ4v) is 3.51. The van der Waals surface area contributed by atoms with Crippen LogP contribution in [0.1, 0.15) is 10.4 Å². The molecule has 0 aliphatic carbocycles. The standard InChI is InChI=1S/C24H23N3O6/c28-21-13-27(14-22(21)33-19-4-1-3-16(11-19)24(30)31)15-23(29)26-17-6-8-18(9-7-17)32-20-5-2-10-25-12-20/h1-12,21-22,28H,13-15H2,(H,26,29)(H,30,31)/t21-,22-/m1/s1. The van der Waals surface area contributed by atoms with E-state index in [0.29, 0.717) is 29.5 Å². The Hall–Kier alpha value is -3.95. The van der Waals surface area contributed by atoms with Crippen molar-refractivity contribution in [2.45, 2.75) is 12.2 Å². The molecule has 9 heteroatoms. The number of likely N-dealkylation sites (tertiary alicyclic amines) is 1. The third kappa shape index (κ3) is 6.06. The van der Waals surface area contributed by atoms with E-state index in [0.717, 1.165) is 0 Å². The normalized spacial score (nSPS) is 18.0. The Kier molecular flexibility index (Phi) is 6.82. The lowest BCUT2D eigenvalue weighted by Crippen LogP contribution is -2.33. The van der Waals surface area contributed by atoms with Gasteiger partial charge in [-0.15, -0.1) is 0 Å². The van der Waals surface area contributed by atoms with Gasteiger partial charge in [0.1, 0.15) is 29.5 Å². The number of carbonyl (C=O) groups excluding carboxylic acids is 1. The van der Waals surface area contributed by atoms with Gasteiger partial charge in [0.15, 0.2) is 0 Å². The maximum absolute atomic E-state index is 12.5. The molecule has 0 saturated carbocycles. The number of carboxylic acid groups (broad SMARTS) is 1. The summed E-state index contributed by atoms with van der Waals surface area (Å²) in [5, 5.41) is 22.2. The summed E-state index contributed by atoms with van der Waals surface area (Å²) in [5.41, 5.74) is 0.727. The van der Waals surface area contributed by atoms with Crippen molar-refractivity contribution in [3.8, 4) is 17.2 Å². The number of hydrogen-bond donors (Lipinski definition) is 3. The summed E-state index contributed by atoms with van der Waals surface area (Å²) >= 11 is 0. The number of carboxylic acids is 1. The van der Waals surface area contributed by atoms with E-state index in [9.17, 15) is 14.7 Å². The predicted molar refractivity (Wildman–Crippen MR) is 120 cm³/mol. The molecular weight excluding hydrogens is 426 g/mol. The molecule has 0 unspecified atom stereocenters. The number of nitrogens with one attached hydrogen (secondary N) is 1. The van der Waals surface area contributed by atoms with E-state index in [1.54, 1.807) is 65.8 Å². The zero-order chi connectivity index (χ0) is 23.2. The highest BCUT2D eigenvalue weighted by molar-refractivity contribution is 5.92. The van der Waals surface area contributed by atoms with Gasteiger partial charge in [-0.25, -0.2) is 4.79 Å². The second-order valence-electron chi connectivity index (χ2n) is 7.61. The number of β-amino-alcohol motifs (C(OH)–C–C–N with tert-alkyl or cyclic N) is 1. The van der Waals surface area contributed by atoms with Gasteiger partial charge in [0.2, 0.25) is 5.91 Å². The molecule has 3 N–H and O–H groups in total. The van der Waals surface area contributed by atoms with Crippen molar-refractivity contribution in [2.75, 3.05) is 25.0 Å². The number of carbonyl (C=O) groups is 2. The van der Waals surface area contributed by atoms with Crippen LogP contribution in [0.3, 0.4) is 0 Å². The summed E-state index contributed by atoms with van der Waals surface area (Å²) in [7, 11) is 0. The van der Waals surface area contributed by atoms with E-state index in [2.05, 4.69) is 10.3 Å². The molecule has 170 valence electrons. The maximum Gasteiger partial charge on any atom is 0.335 e. The number of nitrogens with zero attached hydrogens (tertiary/aromatic N) is 2. The molecule has 0 radical (unpaired) electrons. The number of amides is 1. The van der Waals surface area contributed by atoms with Crippen molar-refractivity contribution >= 4 is 17.6 Å². The van der Waals surface area contributed by atoms with Crippen LogP contribution in [0.2, 0.25) is 0 Å². The number of aromatic nitrogens is 1. The topological polar surface area (TPSA) is 121 Å². The summed E-state index contributed by atoms with van der Waals surface area (Å²) in [5.74, 6) is 0.321. The Morgan fingerprint density at radius 2 is 1.82 bits per heavy atom. The van der Waals surface area contributed by atoms with Crippen LogP contribution in [0, 0.1) is 0 Å². The van der Waals surface area contributed by atoms with Crippen LogP contribution in [0.15, 0.2) is 73.1 Å². The molecule has 4 rings (SSSR count). The summed E-state index contributed by atoms with van der Waals surface area (Å²) in [6.07, 6.45) is 1.91. The molecule has 0 bridgehead atoms. The van der Waals surface area contributed by atoms with Crippen molar-refractivity contribution in [1.82, 2.24) is 9.88 Å². The van der Waals surface area contributed by atoms with Crippen LogP contribution >= 0.6 is 0 Å². The lowest BCUT2D eigenvalue weighted by Gasteiger charge is -2.17. The number of aliphatic hydroxyl groups excluding tert-OH is 1. The summed E-state index contributed by atoms with van der Waals surface area (Å²) in [6.45, 7) is 0.693. The first kappa shape index (κ1) is 22.3. The van der Waals surface area contributed by atoms with Crippen LogP contribution in [0.25, 0.3) is 0 Å². The zero-order valence-corrected chi connectivity index (χ0v) is 17.6. The Balaban J connectivity index is 1.27. The summed E-state index contributed by atoms with van der Waals surface area (Å²) in [6, 6.07) is 16.6. The van der Waals surface area contributed by atoms with Crippen molar-refractivity contribution < 1.29 is 29.3 Å². The number of pyridine rings is 1. The predicted octanol–water partition coefficient (Wildman–Crippen LogP) is 2.63. The number of anilines is 1. The minimum absolute atomic E-state index is 0.0834. The average Bonchev–Trinajstić information content (AvgIpc) is 3.14. The number of aromatic carboxylic acids is 1. The molecule has 1 fully saturated rings. The molecule has 2 heterocycles. The smallest absolute Gasteiger partial charge is 0.335 e. The number of ether oxygens (including phenoxy) is 2. The summed E-state index contributed by atoms with van der Waals surface area (Å²) in [4.78, 5) is 29.3. The first-order chi connectivity index (χ1) is 16.0. The molecule has 9 nitrogen and oxygen atoms in total. The van der Waals surface area contributed by atoms with Gasteiger partial charge in [-0.2, -0.15) is 0 Å². The van der Waals surface area contributed by atoms with Crippen LogP contribution in [-0.2, 0) is 4.79 Å². The van der Waals surface area contributed by atoms with Crippen molar-refractivity contribution in [3.05, 3.63) is 78.6 Å². The van der Waals surface area contributed by atoms with E-state index >= 15 is 0 Å². The quantitative estimate of drug-likeness (QED) is 0.480. The minimum Gasteiger partial charge on any atom is -0.486 e. The zero-order valence-electron chi connectivity index (χ0n) is 17.6.